The van der Waals surface area contributed by atoms with Crippen LogP contribution < -0.4 is 16.0 Å². The van der Waals surface area contributed by atoms with E-state index >= 15 is 0 Å². The summed E-state index contributed by atoms with van der Waals surface area (Å²) in [6.07, 6.45) is 1.24. The number of anilines is 4. The van der Waals surface area contributed by atoms with Crippen LogP contribution in [0.25, 0.3) is 0 Å². The zero-order valence-electron chi connectivity index (χ0n) is 16.7. The molecule has 0 saturated carbocycles. The molecule has 0 unspecified atom stereocenters. The Morgan fingerprint density at radius 1 is 1.18 bits per heavy atom. The Morgan fingerprint density at radius 3 is 2.46 bits per heavy atom. The predicted molar refractivity (Wildman–Crippen MR) is 111 cm³/mol. The number of nitrogens with one attached hydrogen (secondary N) is 1. The van der Waals surface area contributed by atoms with Gasteiger partial charge in [-0.3, -0.25) is 0 Å². The molecule has 2 aromatic rings. The van der Waals surface area contributed by atoms with Crippen LogP contribution in [0.5, 0.6) is 0 Å². The molecule has 1 aromatic carbocycles. The van der Waals surface area contributed by atoms with Crippen LogP contribution in [0.15, 0.2) is 30.6 Å². The highest BCUT2D eigenvalue weighted by atomic mass is 16.6. The van der Waals surface area contributed by atoms with Crippen molar-refractivity contribution >= 4 is 29.1 Å². The molecule has 28 heavy (non-hydrogen) atoms. The van der Waals surface area contributed by atoms with E-state index in [4.69, 9.17) is 10.5 Å². The monoisotopic (exact) mass is 384 g/mol. The zero-order chi connectivity index (χ0) is 20.1. The van der Waals surface area contributed by atoms with E-state index in [1.54, 1.807) is 11.8 Å². The summed E-state index contributed by atoms with van der Waals surface area (Å²) in [6, 6.07) is 8.24. The summed E-state index contributed by atoms with van der Waals surface area (Å²) in [7, 11) is 0. The van der Waals surface area contributed by atoms with Crippen molar-refractivity contribution in [2.75, 3.05) is 48.7 Å². The first-order valence-electron chi connectivity index (χ1n) is 9.63. The van der Waals surface area contributed by atoms with Crippen LogP contribution in [0.2, 0.25) is 0 Å². The molecule has 0 spiro atoms. The van der Waals surface area contributed by atoms with E-state index in [1.807, 2.05) is 12.1 Å². The summed E-state index contributed by atoms with van der Waals surface area (Å²) in [5.74, 6) is 1.74. The summed E-state index contributed by atoms with van der Waals surface area (Å²) >= 11 is 0. The lowest BCUT2D eigenvalue weighted by molar-refractivity contribution is 0.105. The van der Waals surface area contributed by atoms with Gasteiger partial charge in [-0.25, -0.2) is 14.8 Å². The number of rotatable bonds is 5. The van der Waals surface area contributed by atoms with E-state index in [-0.39, 0.29) is 6.09 Å². The topological polar surface area (TPSA) is 96.6 Å². The van der Waals surface area contributed by atoms with Crippen LogP contribution in [0.1, 0.15) is 32.3 Å². The standard InChI is InChI=1S/C20H28N6O2/c1-4-28-20(27)26-11-9-25(10-12-26)19-17(21)18(22-13-23-19)24-16-7-5-15(6-8-16)14(2)3/h5-8,13-14H,4,9-12,21H2,1-3H3,(H,22,23,24). The van der Waals surface area contributed by atoms with E-state index in [0.717, 1.165) is 5.69 Å². The third-order valence-electron chi connectivity index (χ3n) is 4.81. The molecule has 1 aliphatic rings. The highest BCUT2D eigenvalue weighted by Crippen LogP contribution is 2.29. The lowest BCUT2D eigenvalue weighted by atomic mass is 10.0. The molecule has 8 heteroatoms. The number of carbonyl (C=O) groups excluding carboxylic acids is 1. The molecule has 3 rings (SSSR count). The Balaban J connectivity index is 1.69. The number of hydrogen-bond acceptors (Lipinski definition) is 7. The van der Waals surface area contributed by atoms with Crippen LogP contribution in [-0.2, 0) is 4.74 Å². The van der Waals surface area contributed by atoms with Crippen molar-refractivity contribution in [1.29, 1.82) is 0 Å². The van der Waals surface area contributed by atoms with Gasteiger partial charge in [-0.15, -0.1) is 0 Å². The molecule has 1 amide bonds. The van der Waals surface area contributed by atoms with E-state index in [9.17, 15) is 4.79 Å². The van der Waals surface area contributed by atoms with Crippen LogP contribution >= 0.6 is 0 Å². The number of nitrogens with zero attached hydrogens (tertiary/aromatic N) is 4. The Kier molecular flexibility index (Phi) is 6.18. The minimum Gasteiger partial charge on any atom is -0.450 e. The Labute approximate surface area is 165 Å². The van der Waals surface area contributed by atoms with Crippen molar-refractivity contribution in [3.8, 4) is 0 Å². The molecule has 150 valence electrons. The number of aromatic nitrogens is 2. The summed E-state index contributed by atoms with van der Waals surface area (Å²) in [6.45, 7) is 8.94. The van der Waals surface area contributed by atoms with Gasteiger partial charge in [0.15, 0.2) is 11.6 Å². The van der Waals surface area contributed by atoms with Crippen molar-refractivity contribution in [3.05, 3.63) is 36.2 Å². The third kappa shape index (κ3) is 4.44. The molecule has 2 heterocycles. The van der Waals surface area contributed by atoms with Gasteiger partial charge in [-0.2, -0.15) is 0 Å². The lowest BCUT2D eigenvalue weighted by Gasteiger charge is -2.35. The lowest BCUT2D eigenvalue weighted by Crippen LogP contribution is -2.49. The minimum atomic E-state index is -0.273. The summed E-state index contributed by atoms with van der Waals surface area (Å²) in [5, 5.41) is 3.27. The van der Waals surface area contributed by atoms with Gasteiger partial charge < -0.3 is 25.6 Å². The fourth-order valence-electron chi connectivity index (χ4n) is 3.14. The maximum Gasteiger partial charge on any atom is 0.409 e. The van der Waals surface area contributed by atoms with Crippen LogP contribution in [0.4, 0.5) is 27.8 Å². The summed E-state index contributed by atoms with van der Waals surface area (Å²) in [5.41, 5.74) is 9.05. The minimum absolute atomic E-state index is 0.273. The van der Waals surface area contributed by atoms with Gasteiger partial charge in [0.05, 0.1) is 6.61 Å². The number of hydrogen-bond donors (Lipinski definition) is 2. The number of piperazine rings is 1. The van der Waals surface area contributed by atoms with Crippen molar-refractivity contribution < 1.29 is 9.53 Å². The first-order chi connectivity index (χ1) is 13.5. The number of nitrogens with two attached hydrogens (primary N) is 1. The predicted octanol–water partition coefficient (Wildman–Crippen LogP) is 3.20. The van der Waals surface area contributed by atoms with Gasteiger partial charge in [0.1, 0.15) is 12.0 Å². The van der Waals surface area contributed by atoms with Gasteiger partial charge in [0.25, 0.3) is 0 Å². The number of benzene rings is 1. The van der Waals surface area contributed by atoms with E-state index in [2.05, 4.69) is 46.2 Å². The normalized spacial score (nSPS) is 14.3. The average Bonchev–Trinajstić information content (AvgIpc) is 2.70. The molecule has 0 aliphatic carbocycles. The fourth-order valence-corrected chi connectivity index (χ4v) is 3.14. The van der Waals surface area contributed by atoms with Crippen LogP contribution in [0, 0.1) is 0 Å². The van der Waals surface area contributed by atoms with Crippen molar-refractivity contribution in [1.82, 2.24) is 14.9 Å². The molecule has 0 bridgehead atoms. The number of ether oxygens (including phenoxy) is 1. The van der Waals surface area contributed by atoms with Gasteiger partial charge >= 0.3 is 6.09 Å². The first-order valence-corrected chi connectivity index (χ1v) is 9.63. The van der Waals surface area contributed by atoms with E-state index in [1.165, 1.54) is 11.9 Å². The second kappa shape index (κ2) is 8.77. The Bertz CT molecular complexity index is 801. The molecule has 8 nitrogen and oxygen atoms in total. The van der Waals surface area contributed by atoms with Gasteiger partial charge in [0, 0.05) is 31.9 Å². The van der Waals surface area contributed by atoms with Crippen LogP contribution in [-0.4, -0.2) is 53.7 Å². The van der Waals surface area contributed by atoms with Gasteiger partial charge in [-0.1, -0.05) is 26.0 Å². The SMILES string of the molecule is CCOC(=O)N1CCN(c2ncnc(Nc3ccc(C(C)C)cc3)c2N)CC1. The molecule has 1 aromatic heterocycles. The summed E-state index contributed by atoms with van der Waals surface area (Å²) < 4.78 is 5.06. The highest BCUT2D eigenvalue weighted by molar-refractivity contribution is 5.78. The Hall–Kier alpha value is -3.03. The van der Waals surface area contributed by atoms with Crippen LogP contribution in [0.3, 0.4) is 0 Å². The van der Waals surface area contributed by atoms with Gasteiger partial charge in [0.2, 0.25) is 0 Å². The van der Waals surface area contributed by atoms with E-state index in [0.29, 0.717) is 56.0 Å². The molecule has 3 N–H and O–H groups in total. The third-order valence-corrected chi connectivity index (χ3v) is 4.81. The van der Waals surface area contributed by atoms with Gasteiger partial charge in [-0.05, 0) is 30.5 Å². The molecular weight excluding hydrogens is 356 g/mol. The maximum absolute atomic E-state index is 11.9. The van der Waals surface area contributed by atoms with Crippen molar-refractivity contribution in [2.24, 2.45) is 0 Å². The molecule has 0 atom stereocenters. The maximum atomic E-state index is 11.9. The second-order valence-electron chi connectivity index (χ2n) is 7.03. The van der Waals surface area contributed by atoms with E-state index < -0.39 is 0 Å². The molecule has 1 fully saturated rings. The molecule has 1 saturated heterocycles. The Morgan fingerprint density at radius 2 is 1.86 bits per heavy atom. The number of carbonyl (C=O) groups is 1. The highest BCUT2D eigenvalue weighted by Gasteiger charge is 2.24. The quantitative estimate of drug-likeness (QED) is 0.817. The van der Waals surface area contributed by atoms with Crippen molar-refractivity contribution in [3.63, 3.8) is 0 Å². The summed E-state index contributed by atoms with van der Waals surface area (Å²) in [4.78, 5) is 24.3. The average molecular weight is 384 g/mol. The smallest absolute Gasteiger partial charge is 0.409 e. The zero-order valence-corrected chi connectivity index (χ0v) is 16.7. The fraction of sp³-hybridized carbons (Fsp3) is 0.450. The second-order valence-corrected chi connectivity index (χ2v) is 7.03. The molecule has 1 aliphatic heterocycles. The largest absolute Gasteiger partial charge is 0.450 e. The molecule has 0 radical (unpaired) electrons. The number of nitrogen functional groups attached to an aromatic ring is 1. The molecular formula is C20H28N6O2. The number of amides is 1. The first kappa shape index (κ1) is 19.7. The van der Waals surface area contributed by atoms with Crippen molar-refractivity contribution in [2.45, 2.75) is 26.7 Å².